The Kier molecular flexibility index (Phi) is 4.53. The van der Waals surface area contributed by atoms with Gasteiger partial charge >= 0.3 is 6.18 Å². The topological polar surface area (TPSA) is 62.5 Å². The van der Waals surface area contributed by atoms with Crippen molar-refractivity contribution in [3.8, 4) is 11.4 Å². The van der Waals surface area contributed by atoms with Crippen LogP contribution in [-0.4, -0.2) is 31.3 Å². The molecule has 8 heteroatoms. The Balaban J connectivity index is 1.62. The summed E-state index contributed by atoms with van der Waals surface area (Å²) in [7, 11) is 0. The molecule has 2 heterocycles. The first-order valence-corrected chi connectivity index (χ1v) is 9.23. The summed E-state index contributed by atoms with van der Waals surface area (Å²) >= 11 is 0. The number of fused-ring (bicyclic) bond motifs is 1. The molecule has 1 saturated carbocycles. The fourth-order valence-corrected chi connectivity index (χ4v) is 3.63. The van der Waals surface area contributed by atoms with Gasteiger partial charge < -0.3 is 10.4 Å². The predicted molar refractivity (Wildman–Crippen MR) is 99.9 cm³/mol. The number of benzene rings is 1. The second-order valence-corrected chi connectivity index (χ2v) is 7.66. The molecule has 4 rings (SSSR count). The van der Waals surface area contributed by atoms with E-state index in [1.165, 1.54) is 6.07 Å². The zero-order chi connectivity index (χ0) is 19.9. The molecule has 0 bridgehead atoms. The lowest BCUT2D eigenvalue weighted by molar-refractivity contribution is -0.137. The summed E-state index contributed by atoms with van der Waals surface area (Å²) in [5, 5.41) is 21.7. The Labute approximate surface area is 160 Å². The number of aliphatic hydroxyl groups is 1. The van der Waals surface area contributed by atoms with E-state index in [4.69, 9.17) is 0 Å². The molecular weight excluding hydrogens is 369 g/mol. The lowest BCUT2D eigenvalue weighted by Gasteiger charge is -2.33. The van der Waals surface area contributed by atoms with Crippen LogP contribution in [0.4, 0.5) is 18.9 Å². The molecule has 2 N–H and O–H groups in total. The number of aromatic nitrogens is 3. The van der Waals surface area contributed by atoms with Gasteiger partial charge in [0.2, 0.25) is 0 Å². The number of hydrogen-bond donors (Lipinski definition) is 2. The molecule has 0 amide bonds. The van der Waals surface area contributed by atoms with E-state index in [-0.39, 0.29) is 6.04 Å². The molecule has 1 aliphatic carbocycles. The summed E-state index contributed by atoms with van der Waals surface area (Å²) in [6.07, 6.45) is 0.564. The van der Waals surface area contributed by atoms with Gasteiger partial charge in [-0.1, -0.05) is 12.1 Å². The first kappa shape index (κ1) is 18.7. The van der Waals surface area contributed by atoms with Crippen molar-refractivity contribution in [1.29, 1.82) is 0 Å². The number of pyridine rings is 1. The second-order valence-electron chi connectivity index (χ2n) is 7.66. The number of nitrogens with zero attached hydrogens (tertiary/aromatic N) is 3. The zero-order valence-electron chi connectivity index (χ0n) is 15.4. The Morgan fingerprint density at radius 1 is 1.14 bits per heavy atom. The molecule has 1 aromatic carbocycles. The molecule has 2 aromatic heterocycles. The third kappa shape index (κ3) is 3.82. The van der Waals surface area contributed by atoms with Crippen molar-refractivity contribution in [3.05, 3.63) is 48.2 Å². The number of alkyl halides is 3. The van der Waals surface area contributed by atoms with E-state index in [0.29, 0.717) is 17.0 Å². The molecule has 3 aromatic rings. The number of nitrogens with one attached hydrogen (secondary N) is 1. The summed E-state index contributed by atoms with van der Waals surface area (Å²) in [5.41, 5.74) is 0.433. The fraction of sp³-hybridized carbons (Fsp3) is 0.400. The van der Waals surface area contributed by atoms with Crippen LogP contribution < -0.4 is 5.32 Å². The highest BCUT2D eigenvalue weighted by Gasteiger charge is 2.31. The molecule has 0 unspecified atom stereocenters. The van der Waals surface area contributed by atoms with Gasteiger partial charge in [0, 0.05) is 17.8 Å². The van der Waals surface area contributed by atoms with Crippen molar-refractivity contribution in [2.75, 3.05) is 5.32 Å². The second kappa shape index (κ2) is 6.77. The van der Waals surface area contributed by atoms with Crippen LogP contribution in [0.3, 0.4) is 0 Å². The minimum Gasteiger partial charge on any atom is -0.390 e. The molecule has 0 saturated heterocycles. The van der Waals surface area contributed by atoms with Gasteiger partial charge in [-0.25, -0.2) is 0 Å². The molecule has 5 nitrogen and oxygen atoms in total. The number of hydrogen-bond acceptors (Lipinski definition) is 4. The van der Waals surface area contributed by atoms with Gasteiger partial charge in [0.15, 0.2) is 11.5 Å². The molecular formula is C20H21F3N4O. The third-order valence-electron chi connectivity index (χ3n) is 5.28. The average molecular weight is 390 g/mol. The molecule has 0 atom stereocenters. The monoisotopic (exact) mass is 390 g/mol. The van der Waals surface area contributed by atoms with Crippen molar-refractivity contribution in [2.45, 2.75) is 50.4 Å². The maximum absolute atomic E-state index is 13.0. The summed E-state index contributed by atoms with van der Waals surface area (Å²) in [4.78, 5) is 0. The van der Waals surface area contributed by atoms with Crippen LogP contribution in [0.5, 0.6) is 0 Å². The van der Waals surface area contributed by atoms with Crippen molar-refractivity contribution in [2.24, 2.45) is 0 Å². The lowest BCUT2D eigenvalue weighted by atomic mass is 9.83. The summed E-state index contributed by atoms with van der Waals surface area (Å²) < 4.78 is 40.8. The molecule has 1 fully saturated rings. The van der Waals surface area contributed by atoms with Crippen molar-refractivity contribution >= 4 is 11.3 Å². The number of anilines is 1. The van der Waals surface area contributed by atoms with Crippen LogP contribution in [0.1, 0.15) is 38.2 Å². The minimum atomic E-state index is -4.41. The van der Waals surface area contributed by atoms with Crippen molar-refractivity contribution < 1.29 is 18.3 Å². The SMILES string of the molecule is C[C@]1(O)CC[C@H](Nc2ccc3nnc(-c4cccc(C(F)(F)F)c4)n3c2)CC1. The quantitative estimate of drug-likeness (QED) is 0.690. The number of rotatable bonds is 3. The van der Waals surface area contributed by atoms with Gasteiger partial charge in [-0.2, -0.15) is 13.2 Å². The molecule has 28 heavy (non-hydrogen) atoms. The van der Waals surface area contributed by atoms with Gasteiger partial charge in [0.05, 0.1) is 16.9 Å². The maximum atomic E-state index is 13.0. The Bertz CT molecular complexity index is 987. The average Bonchev–Trinajstić information content (AvgIpc) is 3.06. The highest BCUT2D eigenvalue weighted by molar-refractivity contribution is 5.62. The third-order valence-corrected chi connectivity index (χ3v) is 5.28. The smallest absolute Gasteiger partial charge is 0.390 e. The lowest BCUT2D eigenvalue weighted by Crippen LogP contribution is -2.35. The standard InChI is InChI=1S/C20H21F3N4O/c1-19(28)9-7-15(8-10-19)24-16-5-6-17-25-26-18(27(17)12-16)13-3-2-4-14(11-13)20(21,22)23/h2-6,11-12,15,24,28H,7-10H2,1H3/t15-,19-. The molecule has 1 aliphatic rings. The normalized spacial score (nSPS) is 23.1. The predicted octanol–water partition coefficient (Wildman–Crippen LogP) is 4.52. The van der Waals surface area contributed by atoms with Gasteiger partial charge in [0.25, 0.3) is 0 Å². The van der Waals surface area contributed by atoms with Crippen LogP contribution in [0.15, 0.2) is 42.6 Å². The van der Waals surface area contributed by atoms with Crippen molar-refractivity contribution in [1.82, 2.24) is 14.6 Å². The first-order chi connectivity index (χ1) is 13.2. The van der Waals surface area contributed by atoms with E-state index in [1.54, 1.807) is 22.7 Å². The first-order valence-electron chi connectivity index (χ1n) is 9.23. The van der Waals surface area contributed by atoms with Crippen LogP contribution in [0.25, 0.3) is 17.0 Å². The van der Waals surface area contributed by atoms with Crippen LogP contribution in [0.2, 0.25) is 0 Å². The van der Waals surface area contributed by atoms with Crippen molar-refractivity contribution in [3.63, 3.8) is 0 Å². The maximum Gasteiger partial charge on any atom is 0.416 e. The van der Waals surface area contributed by atoms with Crippen LogP contribution in [-0.2, 0) is 6.18 Å². The molecule has 148 valence electrons. The zero-order valence-corrected chi connectivity index (χ0v) is 15.4. The summed E-state index contributed by atoms with van der Waals surface area (Å²) in [6.45, 7) is 1.85. The highest BCUT2D eigenvalue weighted by atomic mass is 19.4. The van der Waals surface area contributed by atoms with E-state index >= 15 is 0 Å². The molecule has 0 aliphatic heterocycles. The molecule has 0 spiro atoms. The van der Waals surface area contributed by atoms with Gasteiger partial charge in [0.1, 0.15) is 0 Å². The summed E-state index contributed by atoms with van der Waals surface area (Å²) in [6, 6.07) is 8.99. The Hall–Kier alpha value is -2.61. The highest BCUT2D eigenvalue weighted by Crippen LogP contribution is 2.32. The van der Waals surface area contributed by atoms with E-state index < -0.39 is 17.3 Å². The Morgan fingerprint density at radius 3 is 2.61 bits per heavy atom. The van der Waals surface area contributed by atoms with E-state index in [0.717, 1.165) is 43.5 Å². The van der Waals surface area contributed by atoms with Crippen LogP contribution in [0, 0.1) is 0 Å². The largest absolute Gasteiger partial charge is 0.416 e. The van der Waals surface area contributed by atoms with E-state index in [9.17, 15) is 18.3 Å². The Morgan fingerprint density at radius 2 is 1.89 bits per heavy atom. The van der Waals surface area contributed by atoms with Gasteiger partial charge in [-0.05, 0) is 56.9 Å². The fourth-order valence-electron chi connectivity index (χ4n) is 3.63. The van der Waals surface area contributed by atoms with Gasteiger partial charge in [-0.3, -0.25) is 4.40 Å². The number of halogens is 3. The van der Waals surface area contributed by atoms with E-state index in [1.807, 2.05) is 13.0 Å². The minimum absolute atomic E-state index is 0.242. The van der Waals surface area contributed by atoms with Crippen LogP contribution >= 0.6 is 0 Å². The molecule has 0 radical (unpaired) electrons. The van der Waals surface area contributed by atoms with E-state index in [2.05, 4.69) is 15.5 Å². The summed E-state index contributed by atoms with van der Waals surface area (Å²) in [5.74, 6) is 0.358. The van der Waals surface area contributed by atoms with Gasteiger partial charge in [-0.15, -0.1) is 10.2 Å².